The second-order valence-corrected chi connectivity index (χ2v) is 7.11. The van der Waals surface area contributed by atoms with E-state index in [1.165, 1.54) is 0 Å². The van der Waals surface area contributed by atoms with Crippen molar-refractivity contribution < 1.29 is 14.3 Å². The van der Waals surface area contributed by atoms with E-state index in [-0.39, 0.29) is 5.91 Å². The van der Waals surface area contributed by atoms with Crippen LogP contribution in [0, 0.1) is 0 Å². The molecule has 5 nitrogen and oxygen atoms in total. The van der Waals surface area contributed by atoms with Gasteiger partial charge in [0.2, 0.25) is 5.91 Å². The fourth-order valence-electron chi connectivity index (χ4n) is 3.61. The zero-order valence-electron chi connectivity index (χ0n) is 16.7. The molecule has 1 aromatic heterocycles. The molecule has 1 aliphatic heterocycles. The number of hydrogen-bond acceptors (Lipinski definition) is 3. The van der Waals surface area contributed by atoms with Gasteiger partial charge in [-0.05, 0) is 37.1 Å². The molecule has 0 unspecified atom stereocenters. The molecule has 2 aromatic carbocycles. The quantitative estimate of drug-likeness (QED) is 0.649. The number of aromatic amines is 1. The number of hydrogen-bond donors (Lipinski definition) is 1. The summed E-state index contributed by atoms with van der Waals surface area (Å²) in [4.78, 5) is 18.1. The van der Waals surface area contributed by atoms with Gasteiger partial charge < -0.3 is 19.4 Å². The number of nitrogens with zero attached hydrogens (tertiary/aromatic N) is 1. The summed E-state index contributed by atoms with van der Waals surface area (Å²) in [5, 5.41) is 0. The summed E-state index contributed by atoms with van der Waals surface area (Å²) in [6, 6.07) is 20.2. The van der Waals surface area contributed by atoms with Crippen molar-refractivity contribution in [3.63, 3.8) is 0 Å². The Morgan fingerprint density at radius 2 is 1.83 bits per heavy atom. The molecule has 2 heterocycles. The monoisotopic (exact) mass is 390 g/mol. The molecule has 5 heteroatoms. The molecule has 0 radical (unpaired) electrons. The number of fused-ring (bicyclic) bond motifs is 1. The van der Waals surface area contributed by atoms with Crippen molar-refractivity contribution in [3.05, 3.63) is 71.9 Å². The second-order valence-electron chi connectivity index (χ2n) is 7.11. The van der Waals surface area contributed by atoms with Crippen LogP contribution in [0.2, 0.25) is 0 Å². The van der Waals surface area contributed by atoms with Crippen LogP contribution >= 0.6 is 0 Å². The molecule has 0 saturated heterocycles. The molecular formula is C24H26N2O3. The first kappa shape index (κ1) is 19.1. The SMILES string of the molecule is CCN(Cc1cccc2c1OCCO2)C(=O)CCc1ccc(-c2ccccc2)[nH]1. The number of para-hydroxylation sites is 1. The average Bonchev–Trinajstić information content (AvgIpc) is 3.25. The van der Waals surface area contributed by atoms with Gasteiger partial charge in [0.15, 0.2) is 11.5 Å². The highest BCUT2D eigenvalue weighted by Crippen LogP contribution is 2.34. The third-order valence-corrected chi connectivity index (χ3v) is 5.18. The minimum Gasteiger partial charge on any atom is -0.486 e. The molecule has 1 amide bonds. The fourth-order valence-corrected chi connectivity index (χ4v) is 3.61. The summed E-state index contributed by atoms with van der Waals surface area (Å²) in [6.07, 6.45) is 1.16. The molecule has 150 valence electrons. The van der Waals surface area contributed by atoms with Crippen LogP contribution < -0.4 is 9.47 Å². The largest absolute Gasteiger partial charge is 0.486 e. The molecule has 3 aromatic rings. The summed E-state index contributed by atoms with van der Waals surface area (Å²) in [7, 11) is 0. The van der Waals surface area contributed by atoms with E-state index in [1.54, 1.807) is 0 Å². The number of amides is 1. The zero-order chi connectivity index (χ0) is 20.1. The van der Waals surface area contributed by atoms with Gasteiger partial charge in [0.25, 0.3) is 0 Å². The number of ether oxygens (including phenoxy) is 2. The van der Waals surface area contributed by atoms with Crippen LogP contribution in [0.25, 0.3) is 11.3 Å². The van der Waals surface area contributed by atoms with Gasteiger partial charge in [-0.1, -0.05) is 42.5 Å². The Hall–Kier alpha value is -3.21. The summed E-state index contributed by atoms with van der Waals surface area (Å²) in [5.74, 6) is 1.66. The van der Waals surface area contributed by atoms with E-state index < -0.39 is 0 Å². The minimum atomic E-state index is 0.137. The number of benzene rings is 2. The summed E-state index contributed by atoms with van der Waals surface area (Å²) < 4.78 is 11.4. The average molecular weight is 390 g/mol. The normalized spacial score (nSPS) is 12.6. The summed E-state index contributed by atoms with van der Waals surface area (Å²) >= 11 is 0. The molecule has 0 aliphatic carbocycles. The number of aromatic nitrogens is 1. The van der Waals surface area contributed by atoms with Crippen molar-refractivity contribution in [1.82, 2.24) is 9.88 Å². The van der Waals surface area contributed by atoms with Crippen molar-refractivity contribution in [1.29, 1.82) is 0 Å². The lowest BCUT2D eigenvalue weighted by Gasteiger charge is -2.25. The van der Waals surface area contributed by atoms with Crippen molar-refractivity contribution in [3.8, 4) is 22.8 Å². The van der Waals surface area contributed by atoms with Crippen LogP contribution in [-0.2, 0) is 17.8 Å². The zero-order valence-corrected chi connectivity index (χ0v) is 16.7. The smallest absolute Gasteiger partial charge is 0.223 e. The summed E-state index contributed by atoms with van der Waals surface area (Å²) in [5.41, 5.74) is 4.29. The van der Waals surface area contributed by atoms with Crippen LogP contribution in [0.15, 0.2) is 60.7 Å². The number of H-pyrrole nitrogens is 1. The number of rotatable bonds is 7. The molecule has 4 rings (SSSR count). The first-order chi connectivity index (χ1) is 14.2. The van der Waals surface area contributed by atoms with Crippen molar-refractivity contribution in [2.45, 2.75) is 26.3 Å². The lowest BCUT2D eigenvalue weighted by atomic mass is 10.1. The first-order valence-electron chi connectivity index (χ1n) is 10.1. The van der Waals surface area contributed by atoms with Crippen molar-refractivity contribution in [2.75, 3.05) is 19.8 Å². The standard InChI is InChI=1S/C24H26N2O3/c1-2-26(17-19-9-6-10-22-24(19)29-16-15-28-22)23(27)14-12-20-11-13-21(25-20)18-7-4-3-5-8-18/h3-11,13,25H,2,12,14-17H2,1H3. The molecule has 0 saturated carbocycles. The maximum atomic E-state index is 12.8. The predicted octanol–water partition coefficient (Wildman–Crippen LogP) is 4.43. The topological polar surface area (TPSA) is 54.6 Å². The lowest BCUT2D eigenvalue weighted by molar-refractivity contribution is -0.131. The van der Waals surface area contributed by atoms with E-state index in [4.69, 9.17) is 9.47 Å². The van der Waals surface area contributed by atoms with E-state index in [2.05, 4.69) is 29.2 Å². The molecule has 1 aliphatic rings. The maximum Gasteiger partial charge on any atom is 0.223 e. The summed E-state index contributed by atoms with van der Waals surface area (Å²) in [6.45, 7) is 4.30. The molecular weight excluding hydrogens is 364 g/mol. The van der Waals surface area contributed by atoms with Crippen LogP contribution in [0.5, 0.6) is 11.5 Å². The van der Waals surface area contributed by atoms with E-state index in [9.17, 15) is 4.79 Å². The van der Waals surface area contributed by atoms with E-state index in [0.29, 0.717) is 39.1 Å². The molecule has 0 bridgehead atoms. The number of nitrogens with one attached hydrogen (secondary N) is 1. The van der Waals surface area contributed by atoms with Crippen LogP contribution in [0.1, 0.15) is 24.6 Å². The van der Waals surface area contributed by atoms with E-state index in [0.717, 1.165) is 34.0 Å². The van der Waals surface area contributed by atoms with Gasteiger partial charge >= 0.3 is 0 Å². The predicted molar refractivity (Wildman–Crippen MR) is 113 cm³/mol. The van der Waals surface area contributed by atoms with Gasteiger partial charge in [0.1, 0.15) is 13.2 Å². The number of carbonyl (C=O) groups excluding carboxylic acids is 1. The number of carbonyl (C=O) groups is 1. The highest BCUT2D eigenvalue weighted by molar-refractivity contribution is 5.76. The highest BCUT2D eigenvalue weighted by atomic mass is 16.6. The van der Waals surface area contributed by atoms with Crippen molar-refractivity contribution in [2.24, 2.45) is 0 Å². The Labute approximate surface area is 171 Å². The third kappa shape index (κ3) is 4.45. The second kappa shape index (κ2) is 8.86. The molecule has 29 heavy (non-hydrogen) atoms. The van der Waals surface area contributed by atoms with Gasteiger partial charge in [0.05, 0.1) is 0 Å². The fraction of sp³-hybridized carbons (Fsp3) is 0.292. The molecule has 0 fully saturated rings. The highest BCUT2D eigenvalue weighted by Gasteiger charge is 2.19. The molecule has 1 N–H and O–H groups in total. The Bertz CT molecular complexity index is 965. The van der Waals surface area contributed by atoms with Gasteiger partial charge in [-0.25, -0.2) is 0 Å². The van der Waals surface area contributed by atoms with Gasteiger partial charge in [-0.3, -0.25) is 4.79 Å². The Balaban J connectivity index is 1.38. The van der Waals surface area contributed by atoms with Crippen molar-refractivity contribution >= 4 is 5.91 Å². The number of aryl methyl sites for hydroxylation is 1. The minimum absolute atomic E-state index is 0.137. The van der Waals surface area contributed by atoms with Crippen LogP contribution in [0.4, 0.5) is 0 Å². The van der Waals surface area contributed by atoms with Gasteiger partial charge in [-0.15, -0.1) is 0 Å². The Kier molecular flexibility index (Phi) is 5.84. The third-order valence-electron chi connectivity index (χ3n) is 5.18. The van der Waals surface area contributed by atoms with E-state index in [1.807, 2.05) is 48.2 Å². The molecule has 0 atom stereocenters. The van der Waals surface area contributed by atoms with Crippen LogP contribution in [0.3, 0.4) is 0 Å². The van der Waals surface area contributed by atoms with Gasteiger partial charge in [0, 0.05) is 36.5 Å². The lowest BCUT2D eigenvalue weighted by Crippen LogP contribution is -2.31. The molecule has 0 spiro atoms. The maximum absolute atomic E-state index is 12.8. The Morgan fingerprint density at radius 3 is 2.66 bits per heavy atom. The van der Waals surface area contributed by atoms with Gasteiger partial charge in [-0.2, -0.15) is 0 Å². The van der Waals surface area contributed by atoms with Crippen LogP contribution in [-0.4, -0.2) is 35.5 Å². The van der Waals surface area contributed by atoms with E-state index >= 15 is 0 Å². The Morgan fingerprint density at radius 1 is 1.00 bits per heavy atom. The first-order valence-corrected chi connectivity index (χ1v) is 10.1.